The first-order valence-electron chi connectivity index (χ1n) is 11.0. The normalized spacial score (nSPS) is 15.5. The predicted octanol–water partition coefficient (Wildman–Crippen LogP) is 5.08. The molecule has 0 saturated carbocycles. The molecule has 2 N–H and O–H groups in total. The maximum Gasteiger partial charge on any atom is 0.225 e. The van der Waals surface area contributed by atoms with Gasteiger partial charge in [-0.3, -0.25) is 4.79 Å². The van der Waals surface area contributed by atoms with Crippen molar-refractivity contribution in [3.05, 3.63) is 81.4 Å². The van der Waals surface area contributed by atoms with Crippen LogP contribution in [0.15, 0.2) is 65.3 Å². The number of hydrogen-bond donors (Lipinski definition) is 2. The van der Waals surface area contributed by atoms with Crippen molar-refractivity contribution in [2.45, 2.75) is 19.5 Å². The second kappa shape index (κ2) is 10.1. The van der Waals surface area contributed by atoms with E-state index < -0.39 is 0 Å². The van der Waals surface area contributed by atoms with Gasteiger partial charge < -0.3 is 15.4 Å². The van der Waals surface area contributed by atoms with Crippen molar-refractivity contribution < 1.29 is 9.53 Å². The topological polar surface area (TPSA) is 80.5 Å². The zero-order chi connectivity index (χ0) is 23.5. The fraction of sp³-hybridized carbons (Fsp3) is 0.240. The average molecular weight is 541 g/mol. The molecule has 1 fully saturated rings. The molecule has 0 spiro atoms. The number of benzene rings is 2. The Morgan fingerprint density at radius 1 is 1.15 bits per heavy atom. The zero-order valence-electron chi connectivity index (χ0n) is 18.3. The Bertz CT molecular complexity index is 1320. The van der Waals surface area contributed by atoms with E-state index in [2.05, 4.69) is 43.8 Å². The highest BCUT2D eigenvalue weighted by atomic mass is 79.9. The number of carbonyl (C=O) groups is 1. The fourth-order valence-electron chi connectivity index (χ4n) is 3.91. The third-order valence-corrected chi connectivity index (χ3v) is 6.73. The van der Waals surface area contributed by atoms with Crippen LogP contribution in [0.2, 0.25) is 5.02 Å². The van der Waals surface area contributed by atoms with Crippen LogP contribution >= 0.6 is 27.5 Å². The molecule has 3 heterocycles. The van der Waals surface area contributed by atoms with E-state index in [0.29, 0.717) is 37.0 Å². The molecule has 174 valence electrons. The van der Waals surface area contributed by atoms with E-state index in [4.69, 9.17) is 21.3 Å². The van der Waals surface area contributed by atoms with Crippen LogP contribution in [0.4, 0.5) is 5.82 Å². The summed E-state index contributed by atoms with van der Waals surface area (Å²) in [6.45, 7) is 2.30. The molecule has 7 nitrogen and oxygen atoms in total. The van der Waals surface area contributed by atoms with E-state index in [1.54, 1.807) is 10.7 Å². The number of hydrogen-bond acceptors (Lipinski definition) is 5. The summed E-state index contributed by atoms with van der Waals surface area (Å²) in [7, 11) is 0. The quantitative estimate of drug-likeness (QED) is 0.342. The molecule has 4 aromatic rings. The van der Waals surface area contributed by atoms with Gasteiger partial charge in [0.1, 0.15) is 5.82 Å². The number of rotatable bonds is 7. The number of ether oxygens (including phenoxy) is 1. The van der Waals surface area contributed by atoms with Gasteiger partial charge in [0.2, 0.25) is 5.91 Å². The van der Waals surface area contributed by atoms with Crippen LogP contribution in [-0.2, 0) is 22.6 Å². The molecule has 1 unspecified atom stereocenters. The maximum absolute atomic E-state index is 12.2. The van der Waals surface area contributed by atoms with Crippen LogP contribution in [0.25, 0.3) is 16.9 Å². The largest absolute Gasteiger partial charge is 0.381 e. The SMILES string of the molecule is O=C(NCc1ccc(CNc2cc(-c3ccccc3Cl)nc3c(Br)cnn23)cc1)C1CCOC1. The molecule has 5 rings (SSSR count). The lowest BCUT2D eigenvalue weighted by Crippen LogP contribution is -2.30. The number of anilines is 1. The summed E-state index contributed by atoms with van der Waals surface area (Å²) in [4.78, 5) is 16.9. The molecule has 2 aromatic heterocycles. The number of amides is 1. The van der Waals surface area contributed by atoms with Gasteiger partial charge in [-0.2, -0.15) is 9.61 Å². The summed E-state index contributed by atoms with van der Waals surface area (Å²) in [5, 5.41) is 11.5. The molecule has 34 heavy (non-hydrogen) atoms. The van der Waals surface area contributed by atoms with Crippen LogP contribution in [0, 0.1) is 5.92 Å². The minimum absolute atomic E-state index is 0.0290. The molecular weight excluding hydrogens is 518 g/mol. The lowest BCUT2D eigenvalue weighted by Gasteiger charge is -2.12. The van der Waals surface area contributed by atoms with Crippen LogP contribution in [0.5, 0.6) is 0 Å². The molecule has 1 amide bonds. The fourth-order valence-corrected chi connectivity index (χ4v) is 4.49. The predicted molar refractivity (Wildman–Crippen MR) is 136 cm³/mol. The molecule has 0 radical (unpaired) electrons. The first-order chi connectivity index (χ1) is 16.6. The van der Waals surface area contributed by atoms with E-state index in [1.807, 2.05) is 42.5 Å². The van der Waals surface area contributed by atoms with E-state index in [-0.39, 0.29) is 11.8 Å². The van der Waals surface area contributed by atoms with E-state index in [1.165, 1.54) is 0 Å². The molecule has 1 atom stereocenters. The lowest BCUT2D eigenvalue weighted by molar-refractivity contribution is -0.125. The van der Waals surface area contributed by atoms with Crippen molar-refractivity contribution in [3.63, 3.8) is 0 Å². The molecule has 0 bridgehead atoms. The minimum Gasteiger partial charge on any atom is -0.381 e. The van der Waals surface area contributed by atoms with Crippen LogP contribution < -0.4 is 10.6 Å². The zero-order valence-corrected chi connectivity index (χ0v) is 20.6. The van der Waals surface area contributed by atoms with Crippen molar-refractivity contribution in [1.29, 1.82) is 0 Å². The Hall–Kier alpha value is -2.94. The summed E-state index contributed by atoms with van der Waals surface area (Å²) < 4.78 is 7.86. The van der Waals surface area contributed by atoms with Gasteiger partial charge in [-0.25, -0.2) is 4.98 Å². The van der Waals surface area contributed by atoms with E-state index >= 15 is 0 Å². The molecule has 1 aliphatic heterocycles. The number of nitrogens with zero attached hydrogens (tertiary/aromatic N) is 3. The van der Waals surface area contributed by atoms with Crippen molar-refractivity contribution in [3.8, 4) is 11.3 Å². The smallest absolute Gasteiger partial charge is 0.225 e. The van der Waals surface area contributed by atoms with Crippen molar-refractivity contribution in [1.82, 2.24) is 19.9 Å². The summed E-state index contributed by atoms with van der Waals surface area (Å²) in [6, 6.07) is 17.8. The van der Waals surface area contributed by atoms with Crippen molar-refractivity contribution in [2.75, 3.05) is 18.5 Å². The summed E-state index contributed by atoms with van der Waals surface area (Å²) in [6.07, 6.45) is 2.52. The Balaban J connectivity index is 1.29. The Morgan fingerprint density at radius 3 is 2.65 bits per heavy atom. The van der Waals surface area contributed by atoms with Gasteiger partial charge in [-0.15, -0.1) is 0 Å². The highest BCUT2D eigenvalue weighted by Crippen LogP contribution is 2.30. The van der Waals surface area contributed by atoms with Crippen molar-refractivity contribution in [2.24, 2.45) is 5.92 Å². The minimum atomic E-state index is -0.0290. The van der Waals surface area contributed by atoms with Gasteiger partial charge in [-0.1, -0.05) is 54.1 Å². The standard InChI is InChI=1S/C25H23BrClN5O2/c26-20-14-30-32-23(11-22(31-24(20)32)19-3-1-2-4-21(19)27)28-12-16-5-7-17(8-6-16)13-29-25(33)18-9-10-34-15-18/h1-8,11,14,18,28H,9-10,12-13,15H2,(H,29,33). The molecular formula is C25H23BrClN5O2. The highest BCUT2D eigenvalue weighted by molar-refractivity contribution is 9.10. The number of halogens is 2. The number of fused-ring (bicyclic) bond motifs is 1. The highest BCUT2D eigenvalue weighted by Gasteiger charge is 2.23. The third-order valence-electron chi connectivity index (χ3n) is 5.84. The van der Waals surface area contributed by atoms with Gasteiger partial charge >= 0.3 is 0 Å². The van der Waals surface area contributed by atoms with Crippen LogP contribution in [0.1, 0.15) is 17.5 Å². The number of aromatic nitrogens is 3. The molecule has 1 aliphatic rings. The van der Waals surface area contributed by atoms with Gasteiger partial charge in [0.25, 0.3) is 0 Å². The summed E-state index contributed by atoms with van der Waals surface area (Å²) >= 11 is 9.95. The third kappa shape index (κ3) is 4.94. The van der Waals surface area contributed by atoms with Gasteiger partial charge in [-0.05, 0) is 39.5 Å². The Morgan fingerprint density at radius 2 is 1.91 bits per heavy atom. The number of nitrogens with one attached hydrogen (secondary N) is 2. The van der Waals surface area contributed by atoms with E-state index in [9.17, 15) is 4.79 Å². The first kappa shape index (κ1) is 22.8. The first-order valence-corrected chi connectivity index (χ1v) is 12.2. The van der Waals surface area contributed by atoms with Crippen molar-refractivity contribution >= 4 is 44.9 Å². The number of carbonyl (C=O) groups excluding carboxylic acids is 1. The summed E-state index contributed by atoms with van der Waals surface area (Å²) in [5.74, 6) is 0.837. The van der Waals surface area contributed by atoms with Crippen LogP contribution in [0.3, 0.4) is 0 Å². The molecule has 0 aliphatic carbocycles. The molecule has 1 saturated heterocycles. The Kier molecular flexibility index (Phi) is 6.80. The maximum atomic E-state index is 12.2. The molecule has 2 aromatic carbocycles. The second-order valence-electron chi connectivity index (χ2n) is 8.18. The lowest BCUT2D eigenvalue weighted by atomic mass is 10.1. The monoisotopic (exact) mass is 539 g/mol. The second-order valence-corrected chi connectivity index (χ2v) is 9.44. The van der Waals surface area contributed by atoms with Gasteiger partial charge in [0.05, 0.1) is 28.9 Å². The van der Waals surface area contributed by atoms with E-state index in [0.717, 1.165) is 39.1 Å². The average Bonchev–Trinajstić information content (AvgIpc) is 3.53. The van der Waals surface area contributed by atoms with Gasteiger partial charge in [0.15, 0.2) is 5.65 Å². The Labute approximate surface area is 210 Å². The van der Waals surface area contributed by atoms with Gasteiger partial charge in [0, 0.05) is 36.3 Å². The molecule has 9 heteroatoms. The van der Waals surface area contributed by atoms with Crippen LogP contribution in [-0.4, -0.2) is 33.7 Å². The summed E-state index contributed by atoms with van der Waals surface area (Å²) in [5.41, 5.74) is 4.49.